The second-order valence-electron chi connectivity index (χ2n) is 4.63. The molecule has 0 spiro atoms. The Morgan fingerprint density at radius 2 is 1.56 bits per heavy atom. The minimum absolute atomic E-state index is 0.998. The SMILES string of the molecule is CC.CCC1CN(CCN2CCNCC2)C1. The minimum atomic E-state index is 0.998. The molecule has 3 heteroatoms. The van der Waals surface area contributed by atoms with Crippen molar-refractivity contribution >= 4 is 0 Å². The van der Waals surface area contributed by atoms with Crippen LogP contribution in [0, 0.1) is 5.92 Å². The zero-order valence-electron chi connectivity index (χ0n) is 11.3. The van der Waals surface area contributed by atoms with Crippen molar-refractivity contribution in [1.82, 2.24) is 15.1 Å². The van der Waals surface area contributed by atoms with Crippen LogP contribution in [0.4, 0.5) is 0 Å². The molecule has 0 amide bonds. The Hall–Kier alpha value is -0.120. The predicted molar refractivity (Wildman–Crippen MR) is 70.9 cm³/mol. The summed E-state index contributed by atoms with van der Waals surface area (Å²) < 4.78 is 0. The van der Waals surface area contributed by atoms with Gasteiger partial charge in [0.2, 0.25) is 0 Å². The smallest absolute Gasteiger partial charge is 0.0110 e. The van der Waals surface area contributed by atoms with Crippen LogP contribution in [0.2, 0.25) is 0 Å². The third-order valence-corrected chi connectivity index (χ3v) is 3.55. The molecule has 2 aliphatic rings. The van der Waals surface area contributed by atoms with Gasteiger partial charge in [0.25, 0.3) is 0 Å². The van der Waals surface area contributed by atoms with Crippen molar-refractivity contribution in [2.24, 2.45) is 5.92 Å². The van der Waals surface area contributed by atoms with Gasteiger partial charge in [-0.3, -0.25) is 4.90 Å². The highest BCUT2D eigenvalue weighted by atomic mass is 15.2. The molecule has 2 fully saturated rings. The van der Waals surface area contributed by atoms with E-state index < -0.39 is 0 Å². The van der Waals surface area contributed by atoms with Gasteiger partial charge in [-0.2, -0.15) is 0 Å². The summed E-state index contributed by atoms with van der Waals surface area (Å²) in [5.41, 5.74) is 0. The van der Waals surface area contributed by atoms with Crippen LogP contribution < -0.4 is 5.32 Å². The number of piperazine rings is 1. The molecule has 0 unspecified atom stereocenters. The molecular formula is C13H29N3. The molecule has 2 aliphatic heterocycles. The zero-order valence-corrected chi connectivity index (χ0v) is 11.3. The highest BCUT2D eigenvalue weighted by molar-refractivity contribution is 4.79. The highest BCUT2D eigenvalue weighted by Gasteiger charge is 2.24. The Bertz CT molecular complexity index is 161. The van der Waals surface area contributed by atoms with Crippen molar-refractivity contribution in [3.63, 3.8) is 0 Å². The molecular weight excluding hydrogens is 198 g/mol. The lowest BCUT2D eigenvalue weighted by atomic mass is 9.97. The Labute approximate surface area is 101 Å². The second-order valence-corrected chi connectivity index (χ2v) is 4.63. The van der Waals surface area contributed by atoms with E-state index in [4.69, 9.17) is 0 Å². The number of hydrogen-bond acceptors (Lipinski definition) is 3. The van der Waals surface area contributed by atoms with Gasteiger partial charge in [-0.25, -0.2) is 0 Å². The fraction of sp³-hybridized carbons (Fsp3) is 1.00. The van der Waals surface area contributed by atoms with E-state index in [1.54, 1.807) is 0 Å². The van der Waals surface area contributed by atoms with E-state index in [9.17, 15) is 0 Å². The average molecular weight is 227 g/mol. The van der Waals surface area contributed by atoms with E-state index >= 15 is 0 Å². The summed E-state index contributed by atoms with van der Waals surface area (Å²) in [6.07, 6.45) is 1.37. The summed E-state index contributed by atoms with van der Waals surface area (Å²) in [7, 11) is 0. The van der Waals surface area contributed by atoms with Crippen LogP contribution in [0.5, 0.6) is 0 Å². The maximum Gasteiger partial charge on any atom is 0.0110 e. The van der Waals surface area contributed by atoms with Crippen molar-refractivity contribution in [3.05, 3.63) is 0 Å². The maximum absolute atomic E-state index is 3.39. The van der Waals surface area contributed by atoms with E-state index in [2.05, 4.69) is 22.0 Å². The maximum atomic E-state index is 3.39. The van der Waals surface area contributed by atoms with Gasteiger partial charge in [0.05, 0.1) is 0 Å². The van der Waals surface area contributed by atoms with E-state index in [0.717, 1.165) is 5.92 Å². The van der Waals surface area contributed by atoms with Crippen molar-refractivity contribution in [3.8, 4) is 0 Å². The Morgan fingerprint density at radius 1 is 1.00 bits per heavy atom. The summed E-state index contributed by atoms with van der Waals surface area (Å²) in [5.74, 6) is 0.998. The van der Waals surface area contributed by atoms with Crippen molar-refractivity contribution < 1.29 is 0 Å². The molecule has 0 aromatic rings. The highest BCUT2D eigenvalue weighted by Crippen LogP contribution is 2.17. The van der Waals surface area contributed by atoms with Crippen LogP contribution in [-0.2, 0) is 0 Å². The average Bonchev–Trinajstić information content (AvgIpc) is 2.31. The van der Waals surface area contributed by atoms with Gasteiger partial charge in [0.1, 0.15) is 0 Å². The largest absolute Gasteiger partial charge is 0.314 e. The van der Waals surface area contributed by atoms with Gasteiger partial charge >= 0.3 is 0 Å². The monoisotopic (exact) mass is 227 g/mol. The van der Waals surface area contributed by atoms with E-state index in [1.165, 1.54) is 58.8 Å². The van der Waals surface area contributed by atoms with Crippen LogP contribution in [-0.4, -0.2) is 62.2 Å². The quantitative estimate of drug-likeness (QED) is 0.780. The summed E-state index contributed by atoms with van der Waals surface area (Å²) in [5, 5.41) is 3.39. The molecule has 2 saturated heterocycles. The topological polar surface area (TPSA) is 18.5 Å². The molecule has 0 radical (unpaired) electrons. The molecule has 0 atom stereocenters. The summed E-state index contributed by atoms with van der Waals surface area (Å²) in [4.78, 5) is 5.17. The predicted octanol–water partition coefficient (Wildman–Crippen LogP) is 1.26. The fourth-order valence-electron chi connectivity index (χ4n) is 2.34. The fourth-order valence-corrected chi connectivity index (χ4v) is 2.34. The Kier molecular flexibility index (Phi) is 7.01. The van der Waals surface area contributed by atoms with Crippen molar-refractivity contribution in [2.45, 2.75) is 27.2 Å². The van der Waals surface area contributed by atoms with Crippen LogP contribution >= 0.6 is 0 Å². The van der Waals surface area contributed by atoms with Crippen LogP contribution in [0.3, 0.4) is 0 Å². The molecule has 0 bridgehead atoms. The number of hydrogen-bond donors (Lipinski definition) is 1. The van der Waals surface area contributed by atoms with E-state index in [-0.39, 0.29) is 0 Å². The number of nitrogens with one attached hydrogen (secondary N) is 1. The Balaban J connectivity index is 0.000000606. The third kappa shape index (κ3) is 4.40. The van der Waals surface area contributed by atoms with Gasteiger partial charge in [-0.1, -0.05) is 27.2 Å². The number of nitrogens with zero attached hydrogens (tertiary/aromatic N) is 2. The van der Waals surface area contributed by atoms with Gasteiger partial charge in [-0.05, 0) is 5.92 Å². The standard InChI is InChI=1S/C11H23N3.C2H6/c1-2-11-9-14(10-11)8-7-13-5-3-12-4-6-13;1-2/h11-12H,2-10H2,1H3;1-2H3. The first-order valence-electron chi connectivity index (χ1n) is 7.04. The molecule has 3 nitrogen and oxygen atoms in total. The Morgan fingerprint density at radius 3 is 2.12 bits per heavy atom. The van der Waals surface area contributed by atoms with Gasteiger partial charge in [-0.15, -0.1) is 0 Å². The lowest BCUT2D eigenvalue weighted by Gasteiger charge is -2.40. The number of likely N-dealkylation sites (tertiary alicyclic amines) is 1. The molecule has 0 aliphatic carbocycles. The lowest BCUT2D eigenvalue weighted by Crippen LogP contribution is -2.51. The van der Waals surface area contributed by atoms with Gasteiger partial charge in [0, 0.05) is 52.4 Å². The summed E-state index contributed by atoms with van der Waals surface area (Å²) in [6, 6.07) is 0. The van der Waals surface area contributed by atoms with E-state index in [0.29, 0.717) is 0 Å². The minimum Gasteiger partial charge on any atom is -0.314 e. The van der Waals surface area contributed by atoms with Crippen molar-refractivity contribution in [1.29, 1.82) is 0 Å². The molecule has 2 heterocycles. The first kappa shape index (κ1) is 13.9. The van der Waals surface area contributed by atoms with Crippen LogP contribution in [0.1, 0.15) is 27.2 Å². The zero-order chi connectivity index (χ0) is 11.8. The summed E-state index contributed by atoms with van der Waals surface area (Å²) in [6.45, 7) is 16.4. The van der Waals surface area contributed by atoms with Gasteiger partial charge in [0.15, 0.2) is 0 Å². The molecule has 0 saturated carbocycles. The second kappa shape index (κ2) is 8.04. The summed E-state index contributed by atoms with van der Waals surface area (Å²) >= 11 is 0. The van der Waals surface area contributed by atoms with E-state index in [1.807, 2.05) is 13.8 Å². The first-order chi connectivity index (χ1) is 7.88. The van der Waals surface area contributed by atoms with Gasteiger partial charge < -0.3 is 10.2 Å². The lowest BCUT2D eigenvalue weighted by molar-refractivity contribution is 0.0807. The molecule has 96 valence electrons. The molecule has 2 rings (SSSR count). The normalized spacial score (nSPS) is 23.4. The van der Waals surface area contributed by atoms with Crippen molar-refractivity contribution in [2.75, 3.05) is 52.4 Å². The third-order valence-electron chi connectivity index (χ3n) is 3.55. The molecule has 0 aromatic carbocycles. The van der Waals surface area contributed by atoms with Crippen LogP contribution in [0.15, 0.2) is 0 Å². The first-order valence-corrected chi connectivity index (χ1v) is 7.04. The molecule has 16 heavy (non-hydrogen) atoms. The molecule has 1 N–H and O–H groups in total. The molecule has 0 aromatic heterocycles. The van der Waals surface area contributed by atoms with Crippen LogP contribution in [0.25, 0.3) is 0 Å². The number of rotatable bonds is 4.